The Morgan fingerprint density at radius 3 is 3.07 bits per heavy atom. The predicted octanol–water partition coefficient (Wildman–Crippen LogP) is 1.81. The molecule has 14 heavy (non-hydrogen) atoms. The monoisotopic (exact) mass is 191 g/mol. The third kappa shape index (κ3) is 1.58. The van der Waals surface area contributed by atoms with Crippen LogP contribution >= 0.6 is 0 Å². The molecule has 74 valence electrons. The third-order valence-corrected chi connectivity index (χ3v) is 2.64. The van der Waals surface area contributed by atoms with Gasteiger partial charge in [0, 0.05) is 11.7 Å². The van der Waals surface area contributed by atoms with Gasteiger partial charge in [-0.05, 0) is 30.5 Å². The van der Waals surface area contributed by atoms with E-state index in [4.69, 9.17) is 5.11 Å². The lowest BCUT2D eigenvalue weighted by molar-refractivity contribution is -0.137. The van der Waals surface area contributed by atoms with Crippen LogP contribution in [0.2, 0.25) is 0 Å². The van der Waals surface area contributed by atoms with E-state index in [0.29, 0.717) is 0 Å². The summed E-state index contributed by atoms with van der Waals surface area (Å²) in [5.41, 5.74) is 3.60. The number of anilines is 1. The van der Waals surface area contributed by atoms with E-state index in [2.05, 4.69) is 18.3 Å². The number of hydrogen-bond donors (Lipinski definition) is 2. The normalized spacial score (nSPS) is 18.8. The Hall–Kier alpha value is -1.51. The number of rotatable bonds is 2. The van der Waals surface area contributed by atoms with E-state index < -0.39 is 5.97 Å². The molecule has 3 nitrogen and oxygen atoms in total. The van der Waals surface area contributed by atoms with Crippen molar-refractivity contribution in [2.45, 2.75) is 25.8 Å². The Labute approximate surface area is 82.8 Å². The summed E-state index contributed by atoms with van der Waals surface area (Å²) in [7, 11) is 0. The average molecular weight is 191 g/mol. The highest BCUT2D eigenvalue weighted by atomic mass is 16.4. The highest BCUT2D eigenvalue weighted by molar-refractivity contribution is 5.70. The zero-order chi connectivity index (χ0) is 10.1. The van der Waals surface area contributed by atoms with Crippen LogP contribution in [0.5, 0.6) is 0 Å². The Morgan fingerprint density at radius 2 is 2.43 bits per heavy atom. The molecule has 1 aromatic carbocycles. The van der Waals surface area contributed by atoms with Gasteiger partial charge < -0.3 is 10.4 Å². The van der Waals surface area contributed by atoms with Gasteiger partial charge in [-0.25, -0.2) is 0 Å². The second-order valence-corrected chi connectivity index (χ2v) is 3.74. The highest BCUT2D eigenvalue weighted by Gasteiger charge is 2.23. The number of aliphatic carboxylic acids is 1. The molecule has 0 bridgehead atoms. The summed E-state index contributed by atoms with van der Waals surface area (Å²) in [5.74, 6) is -0.743. The Bertz CT molecular complexity index is 374. The van der Waals surface area contributed by atoms with Crippen molar-refractivity contribution in [2.75, 3.05) is 5.32 Å². The van der Waals surface area contributed by atoms with E-state index in [9.17, 15) is 4.79 Å². The minimum atomic E-state index is -0.743. The summed E-state index contributed by atoms with van der Waals surface area (Å²) >= 11 is 0. The van der Waals surface area contributed by atoms with Gasteiger partial charge in [-0.1, -0.05) is 12.1 Å². The number of nitrogens with one attached hydrogen (secondary N) is 1. The van der Waals surface area contributed by atoms with Crippen molar-refractivity contribution in [2.24, 2.45) is 0 Å². The van der Waals surface area contributed by atoms with E-state index in [0.717, 1.165) is 12.1 Å². The van der Waals surface area contributed by atoms with Crippen LogP contribution in [-0.2, 0) is 11.2 Å². The summed E-state index contributed by atoms with van der Waals surface area (Å²) in [5, 5.41) is 11.9. The summed E-state index contributed by atoms with van der Waals surface area (Å²) in [4.78, 5) is 10.6. The van der Waals surface area contributed by atoms with Crippen LogP contribution in [0.1, 0.15) is 17.5 Å². The second-order valence-electron chi connectivity index (χ2n) is 3.74. The topological polar surface area (TPSA) is 49.3 Å². The van der Waals surface area contributed by atoms with E-state index in [1.165, 1.54) is 11.1 Å². The number of fused-ring (bicyclic) bond motifs is 1. The van der Waals surface area contributed by atoms with Crippen LogP contribution in [-0.4, -0.2) is 17.1 Å². The lowest BCUT2D eigenvalue weighted by Crippen LogP contribution is -2.19. The van der Waals surface area contributed by atoms with Crippen molar-refractivity contribution < 1.29 is 9.90 Å². The van der Waals surface area contributed by atoms with Crippen LogP contribution in [0.25, 0.3) is 0 Å². The zero-order valence-electron chi connectivity index (χ0n) is 8.08. The summed E-state index contributed by atoms with van der Waals surface area (Å²) in [6.45, 7) is 2.06. The fraction of sp³-hybridized carbons (Fsp3) is 0.364. The fourth-order valence-corrected chi connectivity index (χ4v) is 1.96. The van der Waals surface area contributed by atoms with E-state index in [1.807, 2.05) is 12.1 Å². The van der Waals surface area contributed by atoms with Crippen molar-refractivity contribution >= 4 is 11.7 Å². The molecule has 0 spiro atoms. The molecule has 1 aliphatic rings. The summed E-state index contributed by atoms with van der Waals surface area (Å²) < 4.78 is 0. The van der Waals surface area contributed by atoms with Gasteiger partial charge in [-0.15, -0.1) is 0 Å². The van der Waals surface area contributed by atoms with Gasteiger partial charge in [0.2, 0.25) is 0 Å². The molecule has 2 rings (SSSR count). The number of carboxylic acids is 1. The first-order valence-electron chi connectivity index (χ1n) is 4.73. The molecular formula is C11H13NO2. The smallest absolute Gasteiger partial charge is 0.305 e. The lowest BCUT2D eigenvalue weighted by Gasteiger charge is -2.06. The van der Waals surface area contributed by atoms with Gasteiger partial charge >= 0.3 is 5.97 Å². The van der Waals surface area contributed by atoms with Crippen LogP contribution in [0.15, 0.2) is 18.2 Å². The maximum Gasteiger partial charge on any atom is 0.305 e. The maximum atomic E-state index is 10.6. The highest BCUT2D eigenvalue weighted by Crippen LogP contribution is 2.29. The lowest BCUT2D eigenvalue weighted by atomic mass is 10.0. The quantitative estimate of drug-likeness (QED) is 0.749. The van der Waals surface area contributed by atoms with Gasteiger partial charge in [0.15, 0.2) is 0 Å². The summed E-state index contributed by atoms with van der Waals surface area (Å²) in [6, 6.07) is 6.11. The first-order valence-corrected chi connectivity index (χ1v) is 4.73. The van der Waals surface area contributed by atoms with Gasteiger partial charge in [0.1, 0.15) is 0 Å². The van der Waals surface area contributed by atoms with Crippen molar-refractivity contribution in [3.8, 4) is 0 Å². The predicted molar refractivity (Wildman–Crippen MR) is 54.5 cm³/mol. The molecule has 0 saturated heterocycles. The molecule has 0 fully saturated rings. The molecule has 1 heterocycles. The van der Waals surface area contributed by atoms with E-state index in [-0.39, 0.29) is 12.5 Å². The molecular weight excluding hydrogens is 178 g/mol. The van der Waals surface area contributed by atoms with Crippen molar-refractivity contribution in [3.05, 3.63) is 29.3 Å². The maximum absolute atomic E-state index is 10.6. The number of aryl methyl sites for hydroxylation is 1. The van der Waals surface area contributed by atoms with Gasteiger partial charge in [0.25, 0.3) is 0 Å². The fourth-order valence-electron chi connectivity index (χ4n) is 1.96. The number of benzene rings is 1. The molecule has 0 amide bonds. The van der Waals surface area contributed by atoms with Gasteiger partial charge in [-0.2, -0.15) is 0 Å². The molecule has 0 aromatic heterocycles. The van der Waals surface area contributed by atoms with Crippen LogP contribution in [0.4, 0.5) is 5.69 Å². The standard InChI is InChI=1S/C11H13NO2/c1-7-3-2-4-10-9(7)5-8(12-10)6-11(13)14/h2-4,8,12H,5-6H2,1H3,(H,13,14). The molecule has 0 aliphatic carbocycles. The molecule has 2 N–H and O–H groups in total. The first kappa shape index (κ1) is 9.06. The molecule has 0 radical (unpaired) electrons. The first-order chi connectivity index (χ1) is 6.66. The Kier molecular flexibility index (Phi) is 2.15. The summed E-state index contributed by atoms with van der Waals surface area (Å²) in [6.07, 6.45) is 1.02. The minimum absolute atomic E-state index is 0.0589. The number of carboxylic acid groups (broad SMARTS) is 1. The van der Waals surface area contributed by atoms with Crippen molar-refractivity contribution in [3.63, 3.8) is 0 Å². The van der Waals surface area contributed by atoms with Crippen molar-refractivity contribution in [1.82, 2.24) is 0 Å². The van der Waals surface area contributed by atoms with Crippen LogP contribution in [0.3, 0.4) is 0 Å². The van der Waals surface area contributed by atoms with Gasteiger partial charge in [-0.3, -0.25) is 4.79 Å². The largest absolute Gasteiger partial charge is 0.481 e. The third-order valence-electron chi connectivity index (χ3n) is 2.64. The molecule has 3 heteroatoms. The zero-order valence-corrected chi connectivity index (χ0v) is 8.08. The second kappa shape index (κ2) is 3.33. The van der Waals surface area contributed by atoms with Gasteiger partial charge in [0.05, 0.1) is 6.42 Å². The van der Waals surface area contributed by atoms with Crippen molar-refractivity contribution in [1.29, 1.82) is 0 Å². The Balaban J connectivity index is 2.18. The Morgan fingerprint density at radius 1 is 1.64 bits per heavy atom. The number of carbonyl (C=O) groups is 1. The average Bonchev–Trinajstić information content (AvgIpc) is 2.47. The molecule has 0 saturated carbocycles. The minimum Gasteiger partial charge on any atom is -0.481 e. The number of hydrogen-bond acceptors (Lipinski definition) is 2. The molecule has 1 aliphatic heterocycles. The SMILES string of the molecule is Cc1cccc2c1CC(CC(=O)O)N2. The van der Waals surface area contributed by atoms with Crippen LogP contribution in [0, 0.1) is 6.92 Å². The molecule has 1 atom stereocenters. The van der Waals surface area contributed by atoms with Crippen LogP contribution < -0.4 is 5.32 Å². The molecule has 1 aromatic rings. The van der Waals surface area contributed by atoms with E-state index in [1.54, 1.807) is 0 Å². The van der Waals surface area contributed by atoms with E-state index >= 15 is 0 Å². The molecule has 1 unspecified atom stereocenters.